The fraction of sp³-hybridized carbons (Fsp3) is 0.500. The van der Waals surface area contributed by atoms with Gasteiger partial charge < -0.3 is 11.1 Å². The number of nitrogens with one attached hydrogen (secondary N) is 1. The molecular formula is C14H18Cl3FN2O. The van der Waals surface area contributed by atoms with Gasteiger partial charge in [-0.05, 0) is 31.9 Å². The van der Waals surface area contributed by atoms with Crippen molar-refractivity contribution < 1.29 is 9.18 Å². The zero-order chi connectivity index (χ0) is 14.9. The summed E-state index contributed by atoms with van der Waals surface area (Å²) in [5, 5.41) is 3.04. The topological polar surface area (TPSA) is 55.1 Å². The minimum Gasteiger partial charge on any atom is -0.348 e. The SMILES string of the molecule is CC(NC(=O)C1(N)CCCC1)c1c(Cl)ccc(F)c1Cl.Cl. The van der Waals surface area contributed by atoms with Crippen LogP contribution in [0.1, 0.15) is 44.2 Å². The lowest BCUT2D eigenvalue weighted by molar-refractivity contribution is -0.126. The average molecular weight is 356 g/mol. The van der Waals surface area contributed by atoms with E-state index in [4.69, 9.17) is 28.9 Å². The first-order valence-electron chi connectivity index (χ1n) is 6.58. The van der Waals surface area contributed by atoms with Gasteiger partial charge in [-0.2, -0.15) is 0 Å². The lowest BCUT2D eigenvalue weighted by Gasteiger charge is -2.26. The molecule has 0 bridgehead atoms. The Bertz CT molecular complexity index is 533. The summed E-state index contributed by atoms with van der Waals surface area (Å²) in [7, 11) is 0. The second kappa shape index (κ2) is 7.14. The standard InChI is InChI=1S/C14H17Cl2FN2O.ClH/c1-8(11-9(15)4-5-10(17)12(11)16)19-13(20)14(18)6-2-3-7-14;/h4-5,8H,2-3,6-7,18H2,1H3,(H,19,20);1H. The van der Waals surface area contributed by atoms with E-state index in [9.17, 15) is 9.18 Å². The van der Waals surface area contributed by atoms with Crippen LogP contribution in [0.5, 0.6) is 0 Å². The summed E-state index contributed by atoms with van der Waals surface area (Å²) in [6.07, 6.45) is 3.21. The Morgan fingerprint density at radius 2 is 1.95 bits per heavy atom. The zero-order valence-electron chi connectivity index (χ0n) is 11.6. The maximum Gasteiger partial charge on any atom is 0.240 e. The number of benzene rings is 1. The first-order valence-corrected chi connectivity index (χ1v) is 7.34. The van der Waals surface area contributed by atoms with Crippen molar-refractivity contribution >= 4 is 41.5 Å². The minimum absolute atomic E-state index is 0. The number of nitrogens with two attached hydrogens (primary N) is 1. The van der Waals surface area contributed by atoms with E-state index in [1.165, 1.54) is 12.1 Å². The molecule has 21 heavy (non-hydrogen) atoms. The highest BCUT2D eigenvalue weighted by Crippen LogP contribution is 2.33. The first kappa shape index (κ1) is 18.5. The van der Waals surface area contributed by atoms with E-state index in [-0.39, 0.29) is 23.3 Å². The zero-order valence-corrected chi connectivity index (χ0v) is 13.9. The van der Waals surface area contributed by atoms with Crippen molar-refractivity contribution in [1.82, 2.24) is 5.32 Å². The third kappa shape index (κ3) is 3.81. The molecule has 0 radical (unpaired) electrons. The van der Waals surface area contributed by atoms with E-state index in [0.717, 1.165) is 12.8 Å². The molecule has 118 valence electrons. The van der Waals surface area contributed by atoms with Crippen molar-refractivity contribution in [1.29, 1.82) is 0 Å². The maximum atomic E-state index is 13.5. The van der Waals surface area contributed by atoms with Gasteiger partial charge in [0.2, 0.25) is 5.91 Å². The predicted molar refractivity (Wildman–Crippen MR) is 85.6 cm³/mol. The summed E-state index contributed by atoms with van der Waals surface area (Å²) in [6.45, 7) is 1.71. The first-order chi connectivity index (χ1) is 9.35. The predicted octanol–water partition coefficient (Wildman–Crippen LogP) is 4.00. The molecular weight excluding hydrogens is 338 g/mol. The van der Waals surface area contributed by atoms with Gasteiger partial charge in [-0.3, -0.25) is 4.79 Å². The number of hydrogen-bond acceptors (Lipinski definition) is 2. The molecule has 1 unspecified atom stereocenters. The van der Waals surface area contributed by atoms with Crippen molar-refractivity contribution in [3.63, 3.8) is 0 Å². The highest BCUT2D eigenvalue weighted by Gasteiger charge is 2.37. The third-order valence-electron chi connectivity index (χ3n) is 3.81. The summed E-state index contributed by atoms with van der Waals surface area (Å²) < 4.78 is 13.5. The van der Waals surface area contributed by atoms with Gasteiger partial charge in [0, 0.05) is 10.6 Å². The van der Waals surface area contributed by atoms with Crippen LogP contribution in [0.15, 0.2) is 12.1 Å². The normalized spacial score (nSPS) is 18.0. The molecule has 1 atom stereocenters. The second-order valence-electron chi connectivity index (χ2n) is 5.32. The fourth-order valence-electron chi connectivity index (χ4n) is 2.59. The molecule has 0 spiro atoms. The van der Waals surface area contributed by atoms with Crippen LogP contribution in [0.4, 0.5) is 4.39 Å². The number of carbonyl (C=O) groups is 1. The number of halogens is 4. The molecule has 1 amide bonds. The summed E-state index contributed by atoms with van der Waals surface area (Å²) >= 11 is 12.0. The summed E-state index contributed by atoms with van der Waals surface area (Å²) in [6, 6.07) is 2.12. The lowest BCUT2D eigenvalue weighted by atomic mass is 9.97. The molecule has 0 aliphatic heterocycles. The smallest absolute Gasteiger partial charge is 0.240 e. The summed E-state index contributed by atoms with van der Waals surface area (Å²) in [5.41, 5.74) is 5.63. The minimum atomic E-state index is -0.833. The highest BCUT2D eigenvalue weighted by molar-refractivity contribution is 6.36. The largest absolute Gasteiger partial charge is 0.348 e. The number of hydrogen-bond donors (Lipinski definition) is 2. The number of carbonyl (C=O) groups excluding carboxylic acids is 1. The van der Waals surface area contributed by atoms with Crippen LogP contribution in [0, 0.1) is 5.82 Å². The van der Waals surface area contributed by atoms with Gasteiger partial charge in [0.1, 0.15) is 5.82 Å². The molecule has 7 heteroatoms. The molecule has 0 aromatic heterocycles. The van der Waals surface area contributed by atoms with E-state index in [0.29, 0.717) is 23.4 Å². The Hall–Kier alpha value is -0.550. The van der Waals surface area contributed by atoms with Crippen molar-refractivity contribution in [2.75, 3.05) is 0 Å². The third-order valence-corrected chi connectivity index (χ3v) is 4.52. The molecule has 3 nitrogen and oxygen atoms in total. The molecule has 2 rings (SSSR count). The highest BCUT2D eigenvalue weighted by atomic mass is 35.5. The molecule has 3 N–H and O–H groups in total. The number of rotatable bonds is 3. The Morgan fingerprint density at radius 1 is 1.38 bits per heavy atom. The lowest BCUT2D eigenvalue weighted by Crippen LogP contribution is -2.52. The van der Waals surface area contributed by atoms with Crippen LogP contribution >= 0.6 is 35.6 Å². The molecule has 1 saturated carbocycles. The van der Waals surface area contributed by atoms with Crippen molar-refractivity contribution in [2.24, 2.45) is 5.73 Å². The van der Waals surface area contributed by atoms with Gasteiger partial charge in [-0.15, -0.1) is 12.4 Å². The van der Waals surface area contributed by atoms with Crippen LogP contribution in [0.3, 0.4) is 0 Å². The molecule has 1 aromatic rings. The van der Waals surface area contributed by atoms with Gasteiger partial charge in [-0.25, -0.2) is 4.39 Å². The quantitative estimate of drug-likeness (QED) is 0.805. The van der Waals surface area contributed by atoms with Crippen molar-refractivity contribution in [3.8, 4) is 0 Å². The fourth-order valence-corrected chi connectivity index (χ4v) is 3.28. The summed E-state index contributed by atoms with van der Waals surface area (Å²) in [4.78, 5) is 12.2. The maximum absolute atomic E-state index is 13.5. The van der Waals surface area contributed by atoms with Gasteiger partial charge >= 0.3 is 0 Å². The Morgan fingerprint density at radius 3 is 2.52 bits per heavy atom. The number of amides is 1. The molecule has 1 aromatic carbocycles. The van der Waals surface area contributed by atoms with E-state index >= 15 is 0 Å². The Balaban J connectivity index is 0.00000220. The van der Waals surface area contributed by atoms with Crippen LogP contribution in [0.25, 0.3) is 0 Å². The monoisotopic (exact) mass is 354 g/mol. The van der Waals surface area contributed by atoms with Crippen LogP contribution in [0.2, 0.25) is 10.0 Å². The van der Waals surface area contributed by atoms with Gasteiger partial charge in [0.05, 0.1) is 16.6 Å². The Kier molecular flexibility index (Phi) is 6.29. The Labute approximate surface area is 139 Å². The van der Waals surface area contributed by atoms with E-state index < -0.39 is 17.4 Å². The molecule has 1 aliphatic rings. The van der Waals surface area contributed by atoms with Crippen molar-refractivity contribution in [2.45, 2.75) is 44.2 Å². The van der Waals surface area contributed by atoms with Gasteiger partial charge in [-0.1, -0.05) is 36.0 Å². The molecule has 0 saturated heterocycles. The van der Waals surface area contributed by atoms with Crippen molar-refractivity contribution in [3.05, 3.63) is 33.6 Å². The van der Waals surface area contributed by atoms with E-state index in [1.54, 1.807) is 6.92 Å². The molecule has 0 heterocycles. The van der Waals surface area contributed by atoms with Gasteiger partial charge in [0.15, 0.2) is 0 Å². The van der Waals surface area contributed by atoms with Crippen LogP contribution in [-0.4, -0.2) is 11.4 Å². The molecule has 1 aliphatic carbocycles. The van der Waals surface area contributed by atoms with Gasteiger partial charge in [0.25, 0.3) is 0 Å². The van der Waals surface area contributed by atoms with E-state index in [1.807, 2.05) is 0 Å². The summed E-state index contributed by atoms with van der Waals surface area (Å²) in [5.74, 6) is -0.797. The van der Waals surface area contributed by atoms with Crippen LogP contribution in [-0.2, 0) is 4.79 Å². The molecule has 1 fully saturated rings. The van der Waals surface area contributed by atoms with Crippen LogP contribution < -0.4 is 11.1 Å². The van der Waals surface area contributed by atoms with E-state index in [2.05, 4.69) is 5.32 Å². The average Bonchev–Trinajstić information content (AvgIpc) is 2.83. The second-order valence-corrected chi connectivity index (χ2v) is 6.10.